The van der Waals surface area contributed by atoms with Crippen molar-refractivity contribution in [3.8, 4) is 11.8 Å². The van der Waals surface area contributed by atoms with E-state index >= 15 is 0 Å². The molecule has 1 atom stereocenters. The van der Waals surface area contributed by atoms with Crippen molar-refractivity contribution in [2.24, 2.45) is 0 Å². The molecule has 2 aromatic rings. The highest BCUT2D eigenvalue weighted by molar-refractivity contribution is 5.94. The van der Waals surface area contributed by atoms with Crippen LogP contribution in [-0.4, -0.2) is 24.5 Å². The SMILES string of the molecule is COc1ccc(C2CCCCCN2C(=O)c2ccc(C#N)cc2)cc1. The molecule has 1 fully saturated rings. The summed E-state index contributed by atoms with van der Waals surface area (Å²) in [7, 11) is 1.65. The molecule has 0 saturated carbocycles. The molecule has 0 aliphatic carbocycles. The molecule has 1 heterocycles. The number of rotatable bonds is 3. The van der Waals surface area contributed by atoms with Crippen molar-refractivity contribution >= 4 is 5.91 Å². The van der Waals surface area contributed by atoms with Crippen LogP contribution in [0.2, 0.25) is 0 Å². The number of hydrogen-bond donors (Lipinski definition) is 0. The molecule has 1 aliphatic rings. The number of ether oxygens (including phenoxy) is 1. The van der Waals surface area contributed by atoms with Crippen LogP contribution in [0.4, 0.5) is 0 Å². The van der Waals surface area contributed by atoms with Gasteiger partial charge in [0.1, 0.15) is 5.75 Å². The fourth-order valence-electron chi connectivity index (χ4n) is 3.38. The summed E-state index contributed by atoms with van der Waals surface area (Å²) in [5.74, 6) is 0.856. The van der Waals surface area contributed by atoms with E-state index in [1.807, 2.05) is 29.2 Å². The molecule has 3 rings (SSSR count). The Hall–Kier alpha value is -2.80. The number of likely N-dealkylation sites (tertiary alicyclic amines) is 1. The Kier molecular flexibility index (Phi) is 5.35. The monoisotopic (exact) mass is 334 g/mol. The third kappa shape index (κ3) is 3.83. The van der Waals surface area contributed by atoms with E-state index in [1.165, 1.54) is 0 Å². The van der Waals surface area contributed by atoms with Crippen LogP contribution in [0.3, 0.4) is 0 Å². The van der Waals surface area contributed by atoms with E-state index < -0.39 is 0 Å². The first-order chi connectivity index (χ1) is 12.2. The molecule has 128 valence electrons. The van der Waals surface area contributed by atoms with Gasteiger partial charge in [-0.25, -0.2) is 0 Å². The standard InChI is InChI=1S/C21H22N2O2/c1-25-19-12-10-17(11-13-19)20-5-3-2-4-14-23(20)21(24)18-8-6-16(15-22)7-9-18/h6-13,20H,2-5,14H2,1H3. The van der Waals surface area contributed by atoms with Crippen LogP contribution in [0.1, 0.15) is 53.2 Å². The summed E-state index contributed by atoms with van der Waals surface area (Å²) in [5.41, 5.74) is 2.35. The van der Waals surface area contributed by atoms with E-state index in [1.54, 1.807) is 31.4 Å². The van der Waals surface area contributed by atoms with E-state index in [2.05, 4.69) is 6.07 Å². The largest absolute Gasteiger partial charge is 0.497 e. The molecule has 0 radical (unpaired) electrons. The normalized spacial score (nSPS) is 17.4. The van der Waals surface area contributed by atoms with Crippen LogP contribution < -0.4 is 4.74 Å². The average molecular weight is 334 g/mol. The second kappa shape index (κ2) is 7.85. The van der Waals surface area contributed by atoms with Gasteiger partial charge in [-0.1, -0.05) is 25.0 Å². The van der Waals surface area contributed by atoms with E-state index in [0.717, 1.165) is 43.5 Å². The predicted molar refractivity (Wildman–Crippen MR) is 96.4 cm³/mol. The highest BCUT2D eigenvalue weighted by atomic mass is 16.5. The molecule has 1 amide bonds. The van der Waals surface area contributed by atoms with Crippen LogP contribution in [0, 0.1) is 11.3 Å². The molecule has 1 saturated heterocycles. The van der Waals surface area contributed by atoms with Gasteiger partial charge in [0.15, 0.2) is 0 Å². The molecular weight excluding hydrogens is 312 g/mol. The number of nitriles is 1. The lowest BCUT2D eigenvalue weighted by Crippen LogP contribution is -2.34. The maximum atomic E-state index is 13.1. The highest BCUT2D eigenvalue weighted by Crippen LogP contribution is 2.32. The fraction of sp³-hybridized carbons (Fsp3) is 0.333. The number of amides is 1. The Morgan fingerprint density at radius 3 is 2.44 bits per heavy atom. The van der Waals surface area contributed by atoms with Crippen molar-refractivity contribution in [3.63, 3.8) is 0 Å². The molecule has 0 bridgehead atoms. The van der Waals surface area contributed by atoms with Crippen molar-refractivity contribution in [2.75, 3.05) is 13.7 Å². The van der Waals surface area contributed by atoms with Gasteiger partial charge in [0.2, 0.25) is 0 Å². The Morgan fingerprint density at radius 2 is 1.80 bits per heavy atom. The third-order valence-electron chi connectivity index (χ3n) is 4.78. The summed E-state index contributed by atoms with van der Waals surface area (Å²) >= 11 is 0. The van der Waals surface area contributed by atoms with E-state index in [9.17, 15) is 4.79 Å². The van der Waals surface area contributed by atoms with Gasteiger partial charge in [-0.3, -0.25) is 4.79 Å². The predicted octanol–water partition coefficient (Wildman–Crippen LogP) is 4.32. The molecule has 0 aromatic heterocycles. The molecule has 2 aromatic carbocycles. The minimum Gasteiger partial charge on any atom is -0.497 e. The number of hydrogen-bond acceptors (Lipinski definition) is 3. The van der Waals surface area contributed by atoms with Gasteiger partial charge in [-0.2, -0.15) is 5.26 Å². The smallest absolute Gasteiger partial charge is 0.254 e. The minimum atomic E-state index is 0.0345. The Morgan fingerprint density at radius 1 is 1.08 bits per heavy atom. The van der Waals surface area contributed by atoms with Gasteiger partial charge in [0.25, 0.3) is 5.91 Å². The van der Waals surface area contributed by atoms with Crippen molar-refractivity contribution < 1.29 is 9.53 Å². The lowest BCUT2D eigenvalue weighted by atomic mass is 9.99. The molecule has 1 unspecified atom stereocenters. The average Bonchev–Trinajstić information content (AvgIpc) is 2.93. The molecule has 25 heavy (non-hydrogen) atoms. The quantitative estimate of drug-likeness (QED) is 0.840. The molecular formula is C21H22N2O2. The molecule has 1 aliphatic heterocycles. The second-order valence-electron chi connectivity index (χ2n) is 6.33. The van der Waals surface area contributed by atoms with Crippen molar-refractivity contribution in [1.82, 2.24) is 4.90 Å². The number of carbonyl (C=O) groups excluding carboxylic acids is 1. The Balaban J connectivity index is 1.88. The number of carbonyl (C=O) groups is 1. The van der Waals surface area contributed by atoms with E-state index in [4.69, 9.17) is 10.00 Å². The Labute approximate surface area is 148 Å². The van der Waals surface area contributed by atoms with Crippen LogP contribution in [0.15, 0.2) is 48.5 Å². The van der Waals surface area contributed by atoms with Gasteiger partial charge in [0.05, 0.1) is 24.8 Å². The summed E-state index contributed by atoms with van der Waals surface area (Å²) in [5, 5.41) is 8.93. The summed E-state index contributed by atoms with van der Waals surface area (Å²) in [6.07, 6.45) is 4.25. The zero-order valence-corrected chi connectivity index (χ0v) is 14.4. The van der Waals surface area contributed by atoms with Crippen LogP contribution in [-0.2, 0) is 0 Å². The maximum Gasteiger partial charge on any atom is 0.254 e. The van der Waals surface area contributed by atoms with Crippen LogP contribution >= 0.6 is 0 Å². The lowest BCUT2D eigenvalue weighted by molar-refractivity contribution is 0.0681. The number of nitrogens with zero attached hydrogens (tertiary/aromatic N) is 2. The topological polar surface area (TPSA) is 53.3 Å². The van der Waals surface area contributed by atoms with Gasteiger partial charge < -0.3 is 9.64 Å². The minimum absolute atomic E-state index is 0.0345. The van der Waals surface area contributed by atoms with E-state index in [0.29, 0.717) is 11.1 Å². The molecule has 4 nitrogen and oxygen atoms in total. The first-order valence-corrected chi connectivity index (χ1v) is 8.68. The van der Waals surface area contributed by atoms with Crippen molar-refractivity contribution in [2.45, 2.75) is 31.7 Å². The second-order valence-corrected chi connectivity index (χ2v) is 6.33. The summed E-state index contributed by atoms with van der Waals surface area (Å²) in [4.78, 5) is 15.1. The number of methoxy groups -OCH3 is 1. The molecule has 0 spiro atoms. The summed E-state index contributed by atoms with van der Waals surface area (Å²) < 4.78 is 5.24. The van der Waals surface area contributed by atoms with Crippen LogP contribution in [0.5, 0.6) is 5.75 Å². The molecule has 0 N–H and O–H groups in total. The lowest BCUT2D eigenvalue weighted by Gasteiger charge is -2.30. The Bertz CT molecular complexity index is 760. The maximum absolute atomic E-state index is 13.1. The summed E-state index contributed by atoms with van der Waals surface area (Å²) in [6, 6.07) is 17.1. The third-order valence-corrected chi connectivity index (χ3v) is 4.78. The van der Waals surface area contributed by atoms with Crippen molar-refractivity contribution in [1.29, 1.82) is 5.26 Å². The first-order valence-electron chi connectivity index (χ1n) is 8.68. The zero-order chi connectivity index (χ0) is 17.6. The van der Waals surface area contributed by atoms with Crippen molar-refractivity contribution in [3.05, 3.63) is 65.2 Å². The van der Waals surface area contributed by atoms with Gasteiger partial charge in [0, 0.05) is 12.1 Å². The summed E-state index contributed by atoms with van der Waals surface area (Å²) in [6.45, 7) is 0.759. The van der Waals surface area contributed by atoms with Gasteiger partial charge in [-0.15, -0.1) is 0 Å². The van der Waals surface area contributed by atoms with E-state index in [-0.39, 0.29) is 11.9 Å². The zero-order valence-electron chi connectivity index (χ0n) is 14.4. The van der Waals surface area contributed by atoms with Gasteiger partial charge >= 0.3 is 0 Å². The fourth-order valence-corrected chi connectivity index (χ4v) is 3.38. The van der Waals surface area contributed by atoms with Crippen LogP contribution in [0.25, 0.3) is 0 Å². The first kappa shape index (κ1) is 17.0. The number of benzene rings is 2. The van der Waals surface area contributed by atoms with Gasteiger partial charge in [-0.05, 0) is 54.8 Å². The highest BCUT2D eigenvalue weighted by Gasteiger charge is 2.27. The molecule has 4 heteroatoms.